The molecule has 1 aliphatic carbocycles. The van der Waals surface area contributed by atoms with Crippen LogP contribution in [0.15, 0.2) is 0 Å². The van der Waals surface area contributed by atoms with Gasteiger partial charge in [-0.3, -0.25) is 14.4 Å². The Morgan fingerprint density at radius 2 is 1.76 bits per heavy atom. The van der Waals surface area contributed by atoms with Crippen molar-refractivity contribution in [2.24, 2.45) is 0 Å². The summed E-state index contributed by atoms with van der Waals surface area (Å²) < 4.78 is 0. The molecule has 0 spiro atoms. The first-order valence-electron chi connectivity index (χ1n) is 7.74. The van der Waals surface area contributed by atoms with E-state index in [1.165, 1.54) is 13.3 Å². The summed E-state index contributed by atoms with van der Waals surface area (Å²) in [6, 6.07) is 0.212. The highest BCUT2D eigenvalue weighted by Crippen LogP contribution is 2.19. The number of hydrogen-bond acceptors (Lipinski definition) is 3. The number of carbonyl (C=O) groups is 3. The van der Waals surface area contributed by atoms with Crippen LogP contribution in [0.5, 0.6) is 0 Å². The van der Waals surface area contributed by atoms with Crippen molar-refractivity contribution in [1.29, 1.82) is 0 Å². The fourth-order valence-corrected chi connectivity index (χ4v) is 2.45. The molecule has 1 rings (SSSR count). The molecule has 1 saturated carbocycles. The van der Waals surface area contributed by atoms with Crippen LogP contribution in [0.1, 0.15) is 59.3 Å². The van der Waals surface area contributed by atoms with Gasteiger partial charge in [0, 0.05) is 13.0 Å². The number of hydrogen-bond donors (Lipinski definition) is 3. The van der Waals surface area contributed by atoms with Crippen LogP contribution < -0.4 is 16.0 Å². The van der Waals surface area contributed by atoms with Gasteiger partial charge in [0.1, 0.15) is 5.54 Å². The van der Waals surface area contributed by atoms with Crippen LogP contribution in [0.2, 0.25) is 0 Å². The van der Waals surface area contributed by atoms with Crippen LogP contribution >= 0.6 is 0 Å². The first kappa shape index (κ1) is 17.5. The van der Waals surface area contributed by atoms with E-state index < -0.39 is 5.54 Å². The molecular formula is C15H27N3O3. The van der Waals surface area contributed by atoms with Crippen molar-refractivity contribution in [1.82, 2.24) is 16.0 Å². The van der Waals surface area contributed by atoms with Gasteiger partial charge in [0.05, 0.1) is 6.54 Å². The quantitative estimate of drug-likeness (QED) is 0.679. The molecule has 0 heterocycles. The van der Waals surface area contributed by atoms with Gasteiger partial charge in [-0.25, -0.2) is 0 Å². The molecule has 0 aromatic rings. The molecule has 1 fully saturated rings. The molecule has 0 saturated heterocycles. The van der Waals surface area contributed by atoms with Gasteiger partial charge in [-0.1, -0.05) is 26.2 Å². The number of amides is 3. The van der Waals surface area contributed by atoms with E-state index in [1.54, 1.807) is 6.92 Å². The molecule has 0 aromatic carbocycles. The molecule has 21 heavy (non-hydrogen) atoms. The summed E-state index contributed by atoms with van der Waals surface area (Å²) in [4.78, 5) is 35.0. The minimum atomic E-state index is -0.938. The second kappa shape index (κ2) is 8.00. The minimum Gasteiger partial charge on any atom is -0.351 e. The summed E-state index contributed by atoms with van der Waals surface area (Å²) >= 11 is 0. The van der Waals surface area contributed by atoms with Gasteiger partial charge in [0.15, 0.2) is 0 Å². The van der Waals surface area contributed by atoms with Crippen molar-refractivity contribution in [3.8, 4) is 0 Å². The fourth-order valence-electron chi connectivity index (χ4n) is 2.45. The molecule has 3 N–H and O–H groups in total. The van der Waals surface area contributed by atoms with Gasteiger partial charge in [0.2, 0.25) is 17.7 Å². The van der Waals surface area contributed by atoms with Crippen LogP contribution in [0.4, 0.5) is 0 Å². The zero-order chi connectivity index (χ0) is 15.9. The van der Waals surface area contributed by atoms with E-state index in [-0.39, 0.29) is 30.3 Å². The van der Waals surface area contributed by atoms with Crippen LogP contribution in [-0.2, 0) is 14.4 Å². The molecule has 0 bridgehead atoms. The molecule has 0 radical (unpaired) electrons. The zero-order valence-electron chi connectivity index (χ0n) is 13.3. The summed E-state index contributed by atoms with van der Waals surface area (Å²) in [7, 11) is 0. The summed E-state index contributed by atoms with van der Waals surface area (Å²) in [6.45, 7) is 4.82. The number of nitrogens with one attached hydrogen (secondary N) is 3. The van der Waals surface area contributed by atoms with Crippen molar-refractivity contribution >= 4 is 17.7 Å². The minimum absolute atomic E-state index is 0.109. The maximum atomic E-state index is 12.4. The Morgan fingerprint density at radius 1 is 1.14 bits per heavy atom. The zero-order valence-corrected chi connectivity index (χ0v) is 13.3. The van der Waals surface area contributed by atoms with Gasteiger partial charge >= 0.3 is 0 Å². The van der Waals surface area contributed by atoms with Crippen molar-refractivity contribution in [3.05, 3.63) is 0 Å². The van der Waals surface area contributed by atoms with E-state index >= 15 is 0 Å². The van der Waals surface area contributed by atoms with Crippen LogP contribution in [0.3, 0.4) is 0 Å². The standard InChI is InChI=1S/C15H27N3O3/c1-4-15(3,18-13(20)10-16-11(2)19)14(21)17-12-8-6-5-7-9-12/h12H,4-10H2,1-3H3,(H,16,19)(H,17,21)(H,18,20)/t15-/m1/s1. The Labute approximate surface area is 126 Å². The molecule has 3 amide bonds. The molecular weight excluding hydrogens is 270 g/mol. The van der Waals surface area contributed by atoms with E-state index in [4.69, 9.17) is 0 Å². The summed E-state index contributed by atoms with van der Waals surface area (Å²) in [5.74, 6) is -0.767. The predicted octanol–water partition coefficient (Wildman–Crippen LogP) is 0.856. The Balaban J connectivity index is 2.53. The Hall–Kier alpha value is -1.59. The highest BCUT2D eigenvalue weighted by molar-refractivity contribution is 5.92. The third-order valence-electron chi connectivity index (χ3n) is 4.06. The molecule has 120 valence electrons. The van der Waals surface area contributed by atoms with E-state index in [9.17, 15) is 14.4 Å². The van der Waals surface area contributed by atoms with E-state index in [0.717, 1.165) is 25.7 Å². The topological polar surface area (TPSA) is 87.3 Å². The second-order valence-electron chi connectivity index (χ2n) is 5.95. The average molecular weight is 297 g/mol. The molecule has 0 aromatic heterocycles. The third-order valence-corrected chi connectivity index (χ3v) is 4.06. The smallest absolute Gasteiger partial charge is 0.245 e. The molecule has 6 heteroatoms. The molecule has 6 nitrogen and oxygen atoms in total. The first-order valence-corrected chi connectivity index (χ1v) is 7.74. The molecule has 0 aliphatic heterocycles. The average Bonchev–Trinajstić information content (AvgIpc) is 2.46. The van der Waals surface area contributed by atoms with Crippen LogP contribution in [0, 0.1) is 0 Å². The monoisotopic (exact) mass is 297 g/mol. The Bertz CT molecular complexity index is 392. The predicted molar refractivity (Wildman–Crippen MR) is 80.5 cm³/mol. The molecule has 1 aliphatic rings. The van der Waals surface area contributed by atoms with Gasteiger partial charge in [0.25, 0.3) is 0 Å². The van der Waals surface area contributed by atoms with Gasteiger partial charge in [-0.2, -0.15) is 0 Å². The molecule has 1 atom stereocenters. The lowest BCUT2D eigenvalue weighted by Gasteiger charge is -2.32. The van der Waals surface area contributed by atoms with Crippen molar-refractivity contribution in [3.63, 3.8) is 0 Å². The lowest BCUT2D eigenvalue weighted by molar-refractivity contribution is -0.134. The first-order chi connectivity index (χ1) is 9.87. The second-order valence-corrected chi connectivity index (χ2v) is 5.95. The normalized spacial score (nSPS) is 18.4. The highest BCUT2D eigenvalue weighted by atomic mass is 16.2. The molecule has 0 unspecified atom stereocenters. The maximum absolute atomic E-state index is 12.4. The summed E-state index contributed by atoms with van der Waals surface area (Å²) in [5.41, 5.74) is -0.938. The SMILES string of the molecule is CC[C@@](C)(NC(=O)CNC(C)=O)C(=O)NC1CCCCC1. The van der Waals surface area contributed by atoms with Gasteiger partial charge < -0.3 is 16.0 Å². The maximum Gasteiger partial charge on any atom is 0.245 e. The lowest BCUT2D eigenvalue weighted by atomic mass is 9.92. The van der Waals surface area contributed by atoms with Gasteiger partial charge in [-0.05, 0) is 26.2 Å². The third kappa shape index (κ3) is 5.73. The van der Waals surface area contributed by atoms with E-state index in [0.29, 0.717) is 6.42 Å². The largest absolute Gasteiger partial charge is 0.351 e. The van der Waals surface area contributed by atoms with E-state index in [1.807, 2.05) is 6.92 Å². The van der Waals surface area contributed by atoms with Crippen molar-refractivity contribution < 1.29 is 14.4 Å². The van der Waals surface area contributed by atoms with Crippen molar-refractivity contribution in [2.75, 3.05) is 6.54 Å². The van der Waals surface area contributed by atoms with Gasteiger partial charge in [-0.15, -0.1) is 0 Å². The van der Waals surface area contributed by atoms with E-state index in [2.05, 4.69) is 16.0 Å². The highest BCUT2D eigenvalue weighted by Gasteiger charge is 2.34. The fraction of sp³-hybridized carbons (Fsp3) is 0.800. The number of carbonyl (C=O) groups excluding carboxylic acids is 3. The van der Waals surface area contributed by atoms with Crippen molar-refractivity contribution in [2.45, 2.75) is 70.9 Å². The summed E-state index contributed by atoms with van der Waals surface area (Å²) in [6.07, 6.45) is 6.02. The summed E-state index contributed by atoms with van der Waals surface area (Å²) in [5, 5.41) is 8.19. The Morgan fingerprint density at radius 3 is 2.29 bits per heavy atom. The lowest BCUT2D eigenvalue weighted by Crippen LogP contribution is -2.59. The Kier molecular flexibility index (Phi) is 6.65. The van der Waals surface area contributed by atoms with Crippen LogP contribution in [0.25, 0.3) is 0 Å². The van der Waals surface area contributed by atoms with Crippen LogP contribution in [-0.4, -0.2) is 35.8 Å². The number of rotatable bonds is 6.